The fourth-order valence-electron chi connectivity index (χ4n) is 3.56. The smallest absolute Gasteiger partial charge is 0.265 e. The first-order chi connectivity index (χ1) is 11.3. The third-order valence-corrected chi connectivity index (χ3v) is 6.12. The highest BCUT2D eigenvalue weighted by molar-refractivity contribution is 7.16. The van der Waals surface area contributed by atoms with Gasteiger partial charge in [0, 0.05) is 37.6 Å². The predicted octanol–water partition coefficient (Wildman–Crippen LogP) is 3.26. The van der Waals surface area contributed by atoms with Crippen molar-refractivity contribution in [2.24, 2.45) is 5.41 Å². The van der Waals surface area contributed by atoms with Gasteiger partial charge in [0.15, 0.2) is 0 Å². The topological polar surface area (TPSA) is 58.1 Å². The second-order valence-electron chi connectivity index (χ2n) is 6.48. The minimum Gasteiger partial charge on any atom is -0.338 e. The van der Waals surface area contributed by atoms with Crippen molar-refractivity contribution < 1.29 is 4.79 Å². The number of aromatic nitrogens is 2. The molecule has 25 heavy (non-hydrogen) atoms. The Bertz CT molecular complexity index is 694. The molecule has 2 fully saturated rings. The van der Waals surface area contributed by atoms with E-state index in [1.54, 1.807) is 18.6 Å². The molecule has 2 saturated heterocycles. The molecule has 4 rings (SSSR count). The molecular formula is C17H22Cl2N4OS. The summed E-state index contributed by atoms with van der Waals surface area (Å²) in [5.74, 6) is 0.128. The zero-order chi connectivity index (χ0) is 15.7. The second-order valence-corrected chi connectivity index (χ2v) is 7.52. The lowest BCUT2D eigenvalue weighted by Crippen LogP contribution is -2.43. The molecule has 2 aromatic heterocycles. The van der Waals surface area contributed by atoms with E-state index in [2.05, 4.69) is 15.3 Å². The van der Waals surface area contributed by atoms with Crippen LogP contribution in [0.3, 0.4) is 0 Å². The van der Waals surface area contributed by atoms with Gasteiger partial charge >= 0.3 is 0 Å². The van der Waals surface area contributed by atoms with Crippen LogP contribution in [0.15, 0.2) is 30.7 Å². The van der Waals surface area contributed by atoms with Gasteiger partial charge in [0.25, 0.3) is 5.91 Å². The van der Waals surface area contributed by atoms with Crippen molar-refractivity contribution in [1.82, 2.24) is 20.2 Å². The van der Waals surface area contributed by atoms with Gasteiger partial charge < -0.3 is 10.2 Å². The number of nitrogens with zero attached hydrogens (tertiary/aromatic N) is 3. The first kappa shape index (κ1) is 20.1. The van der Waals surface area contributed by atoms with Crippen LogP contribution in [0, 0.1) is 5.41 Å². The van der Waals surface area contributed by atoms with Crippen LogP contribution in [0.4, 0.5) is 0 Å². The summed E-state index contributed by atoms with van der Waals surface area (Å²) in [6.07, 6.45) is 8.69. The number of hydrogen-bond donors (Lipinski definition) is 1. The zero-order valence-electron chi connectivity index (χ0n) is 13.8. The molecule has 0 atom stereocenters. The molecule has 1 spiro atoms. The highest BCUT2D eigenvalue weighted by atomic mass is 35.5. The van der Waals surface area contributed by atoms with Crippen LogP contribution < -0.4 is 5.32 Å². The lowest BCUT2D eigenvalue weighted by molar-refractivity contribution is 0.0612. The van der Waals surface area contributed by atoms with Crippen LogP contribution in [-0.2, 0) is 0 Å². The highest BCUT2D eigenvalue weighted by Gasteiger charge is 2.38. The number of piperidine rings is 1. The summed E-state index contributed by atoms with van der Waals surface area (Å²) in [7, 11) is 0. The number of carbonyl (C=O) groups excluding carboxylic acids is 1. The summed E-state index contributed by atoms with van der Waals surface area (Å²) < 4.78 is 0. The van der Waals surface area contributed by atoms with E-state index in [0.29, 0.717) is 5.41 Å². The summed E-state index contributed by atoms with van der Waals surface area (Å²) in [6.45, 7) is 3.96. The zero-order valence-corrected chi connectivity index (χ0v) is 16.3. The predicted molar refractivity (Wildman–Crippen MR) is 105 cm³/mol. The van der Waals surface area contributed by atoms with Crippen LogP contribution in [0.5, 0.6) is 0 Å². The monoisotopic (exact) mass is 400 g/mol. The molecule has 0 aromatic carbocycles. The molecule has 2 aliphatic rings. The second kappa shape index (κ2) is 8.45. The van der Waals surface area contributed by atoms with E-state index in [1.165, 1.54) is 17.8 Å². The molecule has 8 heteroatoms. The molecule has 1 amide bonds. The van der Waals surface area contributed by atoms with E-state index in [1.807, 2.05) is 17.0 Å². The van der Waals surface area contributed by atoms with Gasteiger partial charge in [-0.15, -0.1) is 36.2 Å². The number of thiazole rings is 1. The third-order valence-electron chi connectivity index (χ3n) is 5.09. The van der Waals surface area contributed by atoms with Crippen LogP contribution in [-0.4, -0.2) is 47.0 Å². The minimum absolute atomic E-state index is 0. The van der Waals surface area contributed by atoms with Gasteiger partial charge in [-0.1, -0.05) is 0 Å². The average Bonchev–Trinajstić information content (AvgIpc) is 3.26. The van der Waals surface area contributed by atoms with Crippen LogP contribution in [0.1, 0.15) is 28.9 Å². The maximum Gasteiger partial charge on any atom is 0.265 e. The van der Waals surface area contributed by atoms with E-state index in [-0.39, 0.29) is 30.7 Å². The summed E-state index contributed by atoms with van der Waals surface area (Å²) in [6, 6.07) is 3.84. The van der Waals surface area contributed by atoms with Crippen LogP contribution in [0.2, 0.25) is 0 Å². The largest absolute Gasteiger partial charge is 0.338 e. The maximum atomic E-state index is 12.7. The lowest BCUT2D eigenvalue weighted by atomic mass is 9.78. The Balaban J connectivity index is 0.00000113. The van der Waals surface area contributed by atoms with Gasteiger partial charge in [-0.25, -0.2) is 4.98 Å². The maximum absolute atomic E-state index is 12.7. The number of halogens is 2. The quantitative estimate of drug-likeness (QED) is 0.839. The lowest BCUT2D eigenvalue weighted by Gasteiger charge is -2.38. The highest BCUT2D eigenvalue weighted by Crippen LogP contribution is 2.37. The molecule has 4 heterocycles. The molecule has 0 radical (unpaired) electrons. The molecule has 0 bridgehead atoms. The van der Waals surface area contributed by atoms with Gasteiger partial charge in [0.05, 0.1) is 6.20 Å². The van der Waals surface area contributed by atoms with Crippen LogP contribution >= 0.6 is 36.2 Å². The Kier molecular flexibility index (Phi) is 6.79. The number of carbonyl (C=O) groups is 1. The van der Waals surface area contributed by atoms with Gasteiger partial charge in [-0.2, -0.15) is 0 Å². The third kappa shape index (κ3) is 4.14. The molecule has 0 aliphatic carbocycles. The van der Waals surface area contributed by atoms with Gasteiger partial charge in [-0.3, -0.25) is 9.78 Å². The van der Waals surface area contributed by atoms with E-state index in [4.69, 9.17) is 0 Å². The number of hydrogen-bond acceptors (Lipinski definition) is 5. The number of rotatable bonds is 2. The minimum atomic E-state index is 0. The molecule has 2 aromatic rings. The standard InChI is InChI=1S/C17H20N4OS.2ClH/c22-16(21-9-4-17(5-10-21)3-8-19-12-17)14-11-20-15(23-14)13-1-6-18-7-2-13;;/h1-2,6-7,11,19H,3-5,8-10,12H2;2*1H. The fourth-order valence-corrected chi connectivity index (χ4v) is 4.45. The Morgan fingerprint density at radius 3 is 2.52 bits per heavy atom. The van der Waals surface area contributed by atoms with Crippen molar-refractivity contribution in [3.8, 4) is 10.6 Å². The summed E-state index contributed by atoms with van der Waals surface area (Å²) >= 11 is 1.47. The number of likely N-dealkylation sites (tertiary alicyclic amines) is 1. The molecule has 136 valence electrons. The van der Waals surface area contributed by atoms with Crippen molar-refractivity contribution in [3.63, 3.8) is 0 Å². The first-order valence-electron chi connectivity index (χ1n) is 8.12. The summed E-state index contributed by atoms with van der Waals surface area (Å²) in [4.78, 5) is 23.9. The molecule has 1 N–H and O–H groups in total. The fraction of sp³-hybridized carbons (Fsp3) is 0.471. The van der Waals surface area contributed by atoms with Crippen molar-refractivity contribution in [2.75, 3.05) is 26.2 Å². The van der Waals surface area contributed by atoms with Gasteiger partial charge in [0.2, 0.25) is 0 Å². The molecular weight excluding hydrogens is 379 g/mol. The van der Waals surface area contributed by atoms with E-state index >= 15 is 0 Å². The summed E-state index contributed by atoms with van der Waals surface area (Å²) in [5, 5.41) is 4.34. The van der Waals surface area contributed by atoms with E-state index in [0.717, 1.165) is 54.5 Å². The molecule has 0 unspecified atom stereocenters. The Hall–Kier alpha value is -1.21. The Labute approximate surface area is 164 Å². The van der Waals surface area contributed by atoms with Crippen molar-refractivity contribution >= 4 is 42.1 Å². The number of amides is 1. The Morgan fingerprint density at radius 1 is 1.16 bits per heavy atom. The van der Waals surface area contributed by atoms with Gasteiger partial charge in [-0.05, 0) is 43.4 Å². The molecule has 5 nitrogen and oxygen atoms in total. The van der Waals surface area contributed by atoms with E-state index in [9.17, 15) is 4.79 Å². The van der Waals surface area contributed by atoms with Crippen molar-refractivity contribution in [2.45, 2.75) is 19.3 Å². The molecule has 2 aliphatic heterocycles. The van der Waals surface area contributed by atoms with Crippen molar-refractivity contribution in [3.05, 3.63) is 35.6 Å². The van der Waals surface area contributed by atoms with E-state index < -0.39 is 0 Å². The molecule has 0 saturated carbocycles. The SMILES string of the molecule is Cl.Cl.O=C(c1cnc(-c2ccncc2)s1)N1CCC2(CCNC2)CC1. The number of pyridine rings is 1. The Morgan fingerprint density at radius 2 is 1.88 bits per heavy atom. The number of nitrogens with one attached hydrogen (secondary N) is 1. The normalized spacial score (nSPS) is 18.5. The van der Waals surface area contributed by atoms with Crippen LogP contribution in [0.25, 0.3) is 10.6 Å². The first-order valence-corrected chi connectivity index (χ1v) is 8.94. The van der Waals surface area contributed by atoms with Gasteiger partial charge in [0.1, 0.15) is 9.88 Å². The summed E-state index contributed by atoms with van der Waals surface area (Å²) in [5.41, 5.74) is 1.45. The van der Waals surface area contributed by atoms with Crippen molar-refractivity contribution in [1.29, 1.82) is 0 Å². The average molecular weight is 401 g/mol.